The summed E-state index contributed by atoms with van der Waals surface area (Å²) < 4.78 is 49.8. The molecule has 0 bridgehead atoms. The Morgan fingerprint density at radius 2 is 1.62 bits per heavy atom. The van der Waals surface area contributed by atoms with Crippen molar-refractivity contribution in [3.8, 4) is 0 Å². The molecular formula is C17H16N4O5S3. The minimum Gasteiger partial charge on any atom is -0.347 e. The van der Waals surface area contributed by atoms with Gasteiger partial charge in [-0.3, -0.25) is 14.5 Å². The van der Waals surface area contributed by atoms with E-state index >= 15 is 0 Å². The van der Waals surface area contributed by atoms with Crippen LogP contribution in [0.15, 0.2) is 70.0 Å². The Kier molecular flexibility index (Phi) is 5.98. The maximum absolute atomic E-state index is 12.4. The zero-order valence-corrected chi connectivity index (χ0v) is 17.2. The maximum Gasteiger partial charge on any atom is 0.261 e. The monoisotopic (exact) mass is 452 g/mol. The molecule has 0 fully saturated rings. The first-order valence-electron chi connectivity index (χ1n) is 8.08. The Labute approximate surface area is 171 Å². The lowest BCUT2D eigenvalue weighted by molar-refractivity contribution is 0.0951. The lowest BCUT2D eigenvalue weighted by Crippen LogP contribution is -2.22. The molecule has 0 atom stereocenters. The average Bonchev–Trinajstić information content (AvgIpc) is 3.16. The number of hydrogen-bond donors (Lipinski definition) is 3. The number of nitrogens with zero attached hydrogens (tertiary/aromatic N) is 1. The minimum absolute atomic E-state index is 0.00177. The fourth-order valence-electron chi connectivity index (χ4n) is 2.30. The lowest BCUT2D eigenvalue weighted by Gasteiger charge is -2.09. The summed E-state index contributed by atoms with van der Waals surface area (Å²) in [6.45, 7) is 0.114. The number of benzene rings is 1. The Bertz CT molecular complexity index is 1220. The smallest absolute Gasteiger partial charge is 0.261 e. The molecule has 9 nitrogen and oxygen atoms in total. The van der Waals surface area contributed by atoms with Crippen LogP contribution in [0.3, 0.4) is 0 Å². The molecule has 0 saturated heterocycles. The van der Waals surface area contributed by atoms with Crippen molar-refractivity contribution in [3.05, 3.63) is 71.4 Å². The van der Waals surface area contributed by atoms with Crippen LogP contribution in [0.4, 0.5) is 5.69 Å². The highest BCUT2D eigenvalue weighted by Gasteiger charge is 2.16. The Morgan fingerprint density at radius 3 is 2.21 bits per heavy atom. The molecule has 4 N–H and O–H groups in total. The third kappa shape index (κ3) is 5.38. The molecule has 3 aromatic rings. The van der Waals surface area contributed by atoms with Gasteiger partial charge in [-0.2, -0.15) is 0 Å². The van der Waals surface area contributed by atoms with Crippen molar-refractivity contribution < 1.29 is 21.6 Å². The molecule has 2 heterocycles. The van der Waals surface area contributed by atoms with Crippen LogP contribution in [0.2, 0.25) is 0 Å². The van der Waals surface area contributed by atoms with Crippen LogP contribution in [0.5, 0.6) is 0 Å². The molecule has 0 aliphatic carbocycles. The van der Waals surface area contributed by atoms with Crippen LogP contribution in [-0.4, -0.2) is 27.7 Å². The molecule has 0 unspecified atom stereocenters. The van der Waals surface area contributed by atoms with Crippen LogP contribution in [0.1, 0.15) is 15.2 Å². The second kappa shape index (κ2) is 8.29. The van der Waals surface area contributed by atoms with E-state index in [2.05, 4.69) is 15.0 Å². The van der Waals surface area contributed by atoms with Crippen molar-refractivity contribution in [2.24, 2.45) is 5.14 Å². The molecule has 0 radical (unpaired) electrons. The van der Waals surface area contributed by atoms with Gasteiger partial charge in [-0.05, 0) is 48.5 Å². The lowest BCUT2D eigenvalue weighted by atomic mass is 10.2. The van der Waals surface area contributed by atoms with Crippen molar-refractivity contribution in [1.29, 1.82) is 0 Å². The van der Waals surface area contributed by atoms with Gasteiger partial charge in [0, 0.05) is 22.8 Å². The van der Waals surface area contributed by atoms with Crippen LogP contribution in [0.25, 0.3) is 0 Å². The van der Waals surface area contributed by atoms with E-state index in [1.165, 1.54) is 54.9 Å². The first-order chi connectivity index (χ1) is 13.6. The predicted molar refractivity (Wildman–Crippen MR) is 108 cm³/mol. The molecule has 12 heteroatoms. The van der Waals surface area contributed by atoms with Gasteiger partial charge >= 0.3 is 0 Å². The van der Waals surface area contributed by atoms with E-state index in [9.17, 15) is 21.6 Å². The summed E-state index contributed by atoms with van der Waals surface area (Å²) in [5.74, 6) is -0.429. The number of carbonyl (C=O) groups excluding carboxylic acids is 1. The zero-order valence-electron chi connectivity index (χ0n) is 14.8. The first-order valence-corrected chi connectivity index (χ1v) is 11.9. The van der Waals surface area contributed by atoms with Crippen LogP contribution < -0.4 is 15.2 Å². The van der Waals surface area contributed by atoms with Gasteiger partial charge in [0.05, 0.1) is 17.1 Å². The van der Waals surface area contributed by atoms with Gasteiger partial charge in [-0.25, -0.2) is 22.0 Å². The highest BCUT2D eigenvalue weighted by atomic mass is 32.2. The molecule has 0 aliphatic rings. The number of anilines is 1. The number of hydrogen-bond acceptors (Lipinski definition) is 7. The molecule has 1 aromatic carbocycles. The standard InChI is InChI=1S/C17H16N4O5S3/c18-28(23,24)16-6-3-14(27-16)11-20-17(22)12-1-4-15(5-2-12)29(25,26)21-13-7-9-19-10-8-13/h1-10H,11H2,(H,19,21)(H,20,22)(H2,18,23,24). The molecule has 152 valence electrons. The van der Waals surface area contributed by atoms with Gasteiger partial charge in [-0.15, -0.1) is 11.3 Å². The normalized spacial score (nSPS) is 11.8. The number of carbonyl (C=O) groups is 1. The summed E-state index contributed by atoms with van der Waals surface area (Å²) >= 11 is 0.964. The summed E-state index contributed by atoms with van der Waals surface area (Å²) in [6.07, 6.45) is 2.93. The van der Waals surface area contributed by atoms with E-state index in [0.29, 0.717) is 10.6 Å². The number of rotatable bonds is 7. The number of primary sulfonamides is 1. The molecule has 0 spiro atoms. The van der Waals surface area contributed by atoms with E-state index in [-0.39, 0.29) is 21.2 Å². The number of aromatic nitrogens is 1. The molecule has 0 saturated carbocycles. The summed E-state index contributed by atoms with van der Waals surface area (Å²) in [7, 11) is -7.57. The summed E-state index contributed by atoms with van der Waals surface area (Å²) in [4.78, 5) is 16.7. The second-order valence-electron chi connectivity index (χ2n) is 5.81. The quantitative estimate of drug-likeness (QED) is 0.495. The maximum atomic E-state index is 12.4. The molecule has 29 heavy (non-hydrogen) atoms. The topological polar surface area (TPSA) is 148 Å². The molecule has 0 aliphatic heterocycles. The minimum atomic E-state index is -3.80. The number of pyridine rings is 1. The summed E-state index contributed by atoms with van der Waals surface area (Å²) in [5.41, 5.74) is 0.632. The Balaban J connectivity index is 1.65. The Hall–Kier alpha value is -2.80. The second-order valence-corrected chi connectivity index (χ2v) is 10.5. The Morgan fingerprint density at radius 1 is 0.966 bits per heavy atom. The van der Waals surface area contributed by atoms with Crippen LogP contribution in [0, 0.1) is 0 Å². The van der Waals surface area contributed by atoms with E-state index < -0.39 is 26.0 Å². The van der Waals surface area contributed by atoms with E-state index in [0.717, 1.165) is 11.3 Å². The van der Waals surface area contributed by atoms with Gasteiger partial charge in [0.1, 0.15) is 4.21 Å². The highest BCUT2D eigenvalue weighted by Crippen LogP contribution is 2.20. The molecule has 3 rings (SSSR count). The predicted octanol–water partition coefficient (Wildman–Crippen LogP) is 1.52. The molecular weight excluding hydrogens is 436 g/mol. The largest absolute Gasteiger partial charge is 0.347 e. The SMILES string of the molecule is NS(=O)(=O)c1ccc(CNC(=O)c2ccc(S(=O)(=O)Nc3ccncc3)cc2)s1. The van der Waals surface area contributed by atoms with Gasteiger partial charge in [0.15, 0.2) is 0 Å². The third-order valence-electron chi connectivity index (χ3n) is 3.70. The highest BCUT2D eigenvalue weighted by molar-refractivity contribution is 7.92. The summed E-state index contributed by atoms with van der Waals surface area (Å²) in [6, 6.07) is 11.4. The first kappa shape index (κ1) is 20.9. The van der Waals surface area contributed by atoms with Gasteiger partial charge in [-0.1, -0.05) is 0 Å². The third-order valence-corrected chi connectivity index (χ3v) is 7.62. The number of sulfonamides is 2. The fourth-order valence-corrected chi connectivity index (χ4v) is 5.07. The van der Waals surface area contributed by atoms with E-state index in [4.69, 9.17) is 5.14 Å². The van der Waals surface area contributed by atoms with Crippen LogP contribution in [-0.2, 0) is 26.6 Å². The van der Waals surface area contributed by atoms with Gasteiger partial charge < -0.3 is 5.32 Å². The number of nitrogens with two attached hydrogens (primary N) is 1. The number of thiophene rings is 1. The van der Waals surface area contributed by atoms with Crippen molar-refractivity contribution in [2.75, 3.05) is 4.72 Å². The number of amides is 1. The number of nitrogens with one attached hydrogen (secondary N) is 2. The molecule has 2 aromatic heterocycles. The van der Waals surface area contributed by atoms with Crippen molar-refractivity contribution in [3.63, 3.8) is 0 Å². The fraction of sp³-hybridized carbons (Fsp3) is 0.0588. The van der Waals surface area contributed by atoms with Gasteiger partial charge in [0.25, 0.3) is 15.9 Å². The summed E-state index contributed by atoms with van der Waals surface area (Å²) in [5, 5.41) is 7.69. The van der Waals surface area contributed by atoms with Crippen molar-refractivity contribution in [2.45, 2.75) is 15.6 Å². The van der Waals surface area contributed by atoms with Crippen molar-refractivity contribution in [1.82, 2.24) is 10.3 Å². The van der Waals surface area contributed by atoms with Gasteiger partial charge in [0.2, 0.25) is 10.0 Å². The zero-order chi connectivity index (χ0) is 21.1. The van der Waals surface area contributed by atoms with Crippen molar-refractivity contribution >= 4 is 43.0 Å². The average molecular weight is 453 g/mol. The van der Waals surface area contributed by atoms with E-state index in [1.807, 2.05) is 0 Å². The molecule has 1 amide bonds. The van der Waals surface area contributed by atoms with E-state index in [1.54, 1.807) is 6.07 Å². The van der Waals surface area contributed by atoms with Crippen LogP contribution >= 0.6 is 11.3 Å².